The fourth-order valence-electron chi connectivity index (χ4n) is 1.37. The number of hydrogen-bond donors (Lipinski definition) is 1. The largest absolute Gasteiger partial charge is 0.456 e. The molecule has 1 N–H and O–H groups in total. The second-order valence-electron chi connectivity index (χ2n) is 3.77. The molecule has 0 radical (unpaired) electrons. The molecule has 88 valence electrons. The highest BCUT2D eigenvalue weighted by atomic mass is 16.6. The summed E-state index contributed by atoms with van der Waals surface area (Å²) in [6.07, 6.45) is 5.29. The molecule has 0 aromatic rings. The van der Waals surface area contributed by atoms with E-state index in [1.807, 2.05) is 0 Å². The fourth-order valence-corrected chi connectivity index (χ4v) is 1.37. The number of aliphatic hydroxyl groups is 1. The van der Waals surface area contributed by atoms with E-state index >= 15 is 0 Å². The fraction of sp³-hybridized carbons (Fsp3) is 0.750. The average molecular weight is 214 g/mol. The van der Waals surface area contributed by atoms with Crippen molar-refractivity contribution in [2.45, 2.75) is 58.2 Å². The van der Waals surface area contributed by atoms with Gasteiger partial charge < -0.3 is 9.84 Å². The molecule has 0 rings (SSSR count). The summed E-state index contributed by atoms with van der Waals surface area (Å²) < 4.78 is 5.03. The summed E-state index contributed by atoms with van der Waals surface area (Å²) in [7, 11) is 0. The zero-order valence-corrected chi connectivity index (χ0v) is 9.74. The highest BCUT2D eigenvalue weighted by molar-refractivity contribution is 5.81. The molecule has 0 aromatic heterocycles. The van der Waals surface area contributed by atoms with Crippen molar-refractivity contribution in [2.75, 3.05) is 0 Å². The van der Waals surface area contributed by atoms with Crippen molar-refractivity contribution >= 4 is 5.97 Å². The summed E-state index contributed by atoms with van der Waals surface area (Å²) >= 11 is 0. The monoisotopic (exact) mass is 214 g/mol. The smallest absolute Gasteiger partial charge is 0.330 e. The first-order chi connectivity index (χ1) is 7.11. The lowest BCUT2D eigenvalue weighted by molar-refractivity contribution is -0.148. The summed E-state index contributed by atoms with van der Waals surface area (Å²) in [6.45, 7) is 7.11. The van der Waals surface area contributed by atoms with Gasteiger partial charge in [-0.3, -0.25) is 0 Å². The SMILES string of the molecule is C=CC(=O)OC(CCCCCC)C(C)O. The number of carbonyl (C=O) groups excluding carboxylic acids is 1. The lowest BCUT2D eigenvalue weighted by Crippen LogP contribution is -2.28. The molecule has 0 aliphatic heterocycles. The van der Waals surface area contributed by atoms with Crippen LogP contribution >= 0.6 is 0 Å². The van der Waals surface area contributed by atoms with E-state index in [0.29, 0.717) is 0 Å². The van der Waals surface area contributed by atoms with E-state index in [1.165, 1.54) is 12.8 Å². The van der Waals surface area contributed by atoms with Crippen LogP contribution in [0.3, 0.4) is 0 Å². The molecule has 0 fully saturated rings. The Bertz CT molecular complexity index is 187. The predicted octanol–water partition coefficient (Wildman–Crippen LogP) is 2.44. The van der Waals surface area contributed by atoms with Gasteiger partial charge in [0.05, 0.1) is 6.10 Å². The quantitative estimate of drug-likeness (QED) is 0.383. The number of hydrogen-bond acceptors (Lipinski definition) is 3. The maximum absolute atomic E-state index is 11.0. The third-order valence-electron chi connectivity index (χ3n) is 2.31. The van der Waals surface area contributed by atoms with Crippen molar-refractivity contribution in [3.63, 3.8) is 0 Å². The second-order valence-corrected chi connectivity index (χ2v) is 3.77. The summed E-state index contributed by atoms with van der Waals surface area (Å²) in [6, 6.07) is 0. The molecule has 0 aliphatic carbocycles. The number of ether oxygens (including phenoxy) is 1. The highest BCUT2D eigenvalue weighted by Gasteiger charge is 2.17. The first-order valence-electron chi connectivity index (χ1n) is 5.63. The van der Waals surface area contributed by atoms with E-state index in [0.717, 1.165) is 25.3 Å². The van der Waals surface area contributed by atoms with E-state index in [2.05, 4.69) is 13.5 Å². The summed E-state index contributed by atoms with van der Waals surface area (Å²) in [5, 5.41) is 9.40. The van der Waals surface area contributed by atoms with Gasteiger partial charge in [0.25, 0.3) is 0 Å². The van der Waals surface area contributed by atoms with Crippen molar-refractivity contribution in [2.24, 2.45) is 0 Å². The molecule has 0 spiro atoms. The summed E-state index contributed by atoms with van der Waals surface area (Å²) in [5.74, 6) is -0.462. The lowest BCUT2D eigenvalue weighted by Gasteiger charge is -2.19. The van der Waals surface area contributed by atoms with Crippen molar-refractivity contribution in [3.05, 3.63) is 12.7 Å². The Kier molecular flexibility index (Phi) is 8.01. The molecule has 0 bridgehead atoms. The van der Waals surface area contributed by atoms with Crippen LogP contribution in [0.15, 0.2) is 12.7 Å². The van der Waals surface area contributed by atoms with Gasteiger partial charge in [-0.05, 0) is 19.8 Å². The van der Waals surface area contributed by atoms with Crippen molar-refractivity contribution in [1.82, 2.24) is 0 Å². The Morgan fingerprint density at radius 3 is 2.60 bits per heavy atom. The standard InChI is InChI=1S/C12H22O3/c1-4-6-7-8-9-11(10(3)13)15-12(14)5-2/h5,10-11,13H,2,4,6-9H2,1,3H3. The molecular formula is C12H22O3. The number of esters is 1. The zero-order valence-electron chi connectivity index (χ0n) is 9.74. The van der Waals surface area contributed by atoms with Crippen LogP contribution in [0.25, 0.3) is 0 Å². The first-order valence-corrected chi connectivity index (χ1v) is 5.63. The normalized spacial score (nSPS) is 14.3. The predicted molar refractivity (Wildman–Crippen MR) is 60.5 cm³/mol. The van der Waals surface area contributed by atoms with Crippen molar-refractivity contribution in [3.8, 4) is 0 Å². The third kappa shape index (κ3) is 7.14. The molecule has 0 amide bonds. The van der Waals surface area contributed by atoms with Crippen LogP contribution in [0, 0.1) is 0 Å². The topological polar surface area (TPSA) is 46.5 Å². The molecule has 0 saturated heterocycles. The van der Waals surface area contributed by atoms with Gasteiger partial charge >= 0.3 is 5.97 Å². The lowest BCUT2D eigenvalue weighted by atomic mass is 10.1. The Hall–Kier alpha value is -0.830. The number of carbonyl (C=O) groups is 1. The highest BCUT2D eigenvalue weighted by Crippen LogP contribution is 2.11. The molecule has 3 heteroatoms. The summed E-state index contributed by atoms with van der Waals surface area (Å²) in [5.41, 5.74) is 0. The van der Waals surface area contributed by atoms with Gasteiger partial charge in [-0.25, -0.2) is 4.79 Å². The minimum atomic E-state index is -0.615. The molecule has 2 atom stereocenters. The van der Waals surface area contributed by atoms with E-state index in [9.17, 15) is 9.90 Å². The van der Waals surface area contributed by atoms with Crippen LogP contribution in [0.1, 0.15) is 46.0 Å². The van der Waals surface area contributed by atoms with Gasteiger partial charge in [-0.15, -0.1) is 0 Å². The number of unbranched alkanes of at least 4 members (excludes halogenated alkanes) is 3. The minimum Gasteiger partial charge on any atom is -0.456 e. The second kappa shape index (κ2) is 8.48. The molecule has 0 saturated carbocycles. The van der Waals surface area contributed by atoms with Gasteiger partial charge in [0.1, 0.15) is 6.10 Å². The zero-order chi connectivity index (χ0) is 11.7. The van der Waals surface area contributed by atoms with Crippen LogP contribution in [0.4, 0.5) is 0 Å². The Balaban J connectivity index is 3.83. The van der Waals surface area contributed by atoms with Gasteiger partial charge in [-0.1, -0.05) is 32.8 Å². The molecule has 3 nitrogen and oxygen atoms in total. The molecule has 2 unspecified atom stereocenters. The van der Waals surface area contributed by atoms with Crippen LogP contribution in [-0.4, -0.2) is 23.3 Å². The van der Waals surface area contributed by atoms with Crippen LogP contribution in [0.5, 0.6) is 0 Å². The number of aliphatic hydroxyl groups excluding tert-OH is 1. The third-order valence-corrected chi connectivity index (χ3v) is 2.31. The number of rotatable bonds is 8. The average Bonchev–Trinajstić information content (AvgIpc) is 2.21. The molecule has 0 heterocycles. The van der Waals surface area contributed by atoms with Crippen LogP contribution in [-0.2, 0) is 9.53 Å². The van der Waals surface area contributed by atoms with Crippen molar-refractivity contribution in [1.29, 1.82) is 0 Å². The summed E-state index contributed by atoms with van der Waals surface area (Å²) in [4.78, 5) is 11.0. The Morgan fingerprint density at radius 2 is 2.13 bits per heavy atom. The molecule has 0 aliphatic rings. The van der Waals surface area contributed by atoms with Gasteiger partial charge in [0.2, 0.25) is 0 Å². The Morgan fingerprint density at radius 1 is 1.47 bits per heavy atom. The maximum Gasteiger partial charge on any atom is 0.330 e. The maximum atomic E-state index is 11.0. The van der Waals surface area contributed by atoms with Crippen molar-refractivity contribution < 1.29 is 14.6 Å². The van der Waals surface area contributed by atoms with Gasteiger partial charge in [-0.2, -0.15) is 0 Å². The van der Waals surface area contributed by atoms with E-state index < -0.39 is 18.2 Å². The van der Waals surface area contributed by atoms with Crippen LogP contribution in [0.2, 0.25) is 0 Å². The van der Waals surface area contributed by atoms with Crippen LogP contribution < -0.4 is 0 Å². The molecular weight excluding hydrogens is 192 g/mol. The van der Waals surface area contributed by atoms with E-state index in [-0.39, 0.29) is 0 Å². The van der Waals surface area contributed by atoms with Gasteiger partial charge in [0, 0.05) is 6.08 Å². The van der Waals surface area contributed by atoms with Gasteiger partial charge in [0.15, 0.2) is 0 Å². The minimum absolute atomic E-state index is 0.396. The Labute approximate surface area is 92.1 Å². The van der Waals surface area contributed by atoms with E-state index in [1.54, 1.807) is 6.92 Å². The first kappa shape index (κ1) is 14.2. The molecule has 0 aromatic carbocycles. The molecule has 15 heavy (non-hydrogen) atoms. The van der Waals surface area contributed by atoms with E-state index in [4.69, 9.17) is 4.74 Å².